The predicted molar refractivity (Wildman–Crippen MR) is 114 cm³/mol. The Labute approximate surface area is 175 Å². The number of hydrogen-bond donors (Lipinski definition) is 1. The quantitative estimate of drug-likeness (QED) is 0.706. The number of aromatic nitrogens is 1. The molecule has 1 fully saturated rings. The van der Waals surface area contributed by atoms with E-state index in [9.17, 15) is 9.59 Å². The molecule has 0 aliphatic carbocycles. The zero-order valence-corrected chi connectivity index (χ0v) is 17.2. The van der Waals surface area contributed by atoms with Gasteiger partial charge in [0.15, 0.2) is 11.5 Å². The number of piperazine rings is 1. The van der Waals surface area contributed by atoms with Crippen LogP contribution >= 0.6 is 0 Å². The highest BCUT2D eigenvalue weighted by atomic mass is 16.5. The average Bonchev–Trinajstić information content (AvgIpc) is 3.23. The van der Waals surface area contributed by atoms with E-state index in [1.54, 1.807) is 25.2 Å². The van der Waals surface area contributed by atoms with Gasteiger partial charge in [-0.3, -0.25) is 9.59 Å². The molecule has 30 heavy (non-hydrogen) atoms. The number of hydrogen-bond acceptors (Lipinski definition) is 4. The minimum absolute atomic E-state index is 0.0295. The Bertz CT molecular complexity index is 1030. The molecule has 156 valence electrons. The molecule has 1 aliphatic rings. The Balaban J connectivity index is 1.35. The van der Waals surface area contributed by atoms with E-state index < -0.39 is 0 Å². The number of benzene rings is 2. The number of nitrogens with zero attached hydrogens (tertiary/aromatic N) is 2. The van der Waals surface area contributed by atoms with Crippen LogP contribution in [0.25, 0.3) is 10.9 Å². The first-order valence-corrected chi connectivity index (χ1v) is 9.94. The molecule has 1 aromatic heterocycles. The van der Waals surface area contributed by atoms with Gasteiger partial charge >= 0.3 is 0 Å². The van der Waals surface area contributed by atoms with E-state index in [1.807, 2.05) is 47.4 Å². The molecule has 7 heteroatoms. The summed E-state index contributed by atoms with van der Waals surface area (Å²) in [6.45, 7) is 2.09. The van der Waals surface area contributed by atoms with Crippen molar-refractivity contribution in [1.82, 2.24) is 14.8 Å². The first-order chi connectivity index (χ1) is 14.6. The lowest BCUT2D eigenvalue weighted by Gasteiger charge is -2.34. The Hall–Kier alpha value is -3.48. The first-order valence-electron chi connectivity index (χ1n) is 9.94. The fourth-order valence-electron chi connectivity index (χ4n) is 3.79. The third kappa shape index (κ3) is 3.96. The number of methoxy groups -OCH3 is 2. The van der Waals surface area contributed by atoms with Crippen LogP contribution in [0.3, 0.4) is 0 Å². The van der Waals surface area contributed by atoms with Crippen LogP contribution in [0.15, 0.2) is 48.5 Å². The fourth-order valence-corrected chi connectivity index (χ4v) is 3.79. The molecule has 2 amide bonds. The molecule has 1 saturated heterocycles. The number of fused-ring (bicyclic) bond motifs is 1. The lowest BCUT2D eigenvalue weighted by Crippen LogP contribution is -2.51. The van der Waals surface area contributed by atoms with Gasteiger partial charge in [-0.15, -0.1) is 0 Å². The van der Waals surface area contributed by atoms with Crippen molar-refractivity contribution in [2.24, 2.45) is 0 Å². The summed E-state index contributed by atoms with van der Waals surface area (Å²) >= 11 is 0. The molecule has 0 spiro atoms. The van der Waals surface area contributed by atoms with Crippen molar-refractivity contribution >= 4 is 22.7 Å². The van der Waals surface area contributed by atoms with Gasteiger partial charge in [-0.2, -0.15) is 0 Å². The summed E-state index contributed by atoms with van der Waals surface area (Å²) in [6, 6.07) is 15.2. The largest absolute Gasteiger partial charge is 0.493 e. The van der Waals surface area contributed by atoms with Crippen LogP contribution in [0.4, 0.5) is 0 Å². The SMILES string of the molecule is COc1ccc(CC(=O)N2CCN(C(=O)c3cc4ccccc4[nH]3)CC2)cc1OC. The molecular weight excluding hydrogens is 382 g/mol. The molecule has 0 radical (unpaired) electrons. The number of rotatable bonds is 5. The molecule has 0 bridgehead atoms. The van der Waals surface area contributed by atoms with E-state index >= 15 is 0 Å². The average molecular weight is 407 g/mol. The number of aromatic amines is 1. The lowest BCUT2D eigenvalue weighted by molar-refractivity contribution is -0.131. The molecule has 4 rings (SSSR count). The van der Waals surface area contributed by atoms with Crippen molar-refractivity contribution in [2.45, 2.75) is 6.42 Å². The Morgan fingerprint density at radius 3 is 2.30 bits per heavy atom. The predicted octanol–water partition coefficient (Wildman–Crippen LogP) is 2.71. The number of para-hydroxylation sites is 1. The van der Waals surface area contributed by atoms with Gasteiger partial charge in [-0.25, -0.2) is 0 Å². The minimum atomic E-state index is -0.0295. The summed E-state index contributed by atoms with van der Waals surface area (Å²) in [5, 5.41) is 1.02. The summed E-state index contributed by atoms with van der Waals surface area (Å²) in [5.74, 6) is 1.26. The van der Waals surface area contributed by atoms with Crippen LogP contribution in [0.5, 0.6) is 11.5 Å². The normalized spacial score (nSPS) is 14.1. The molecule has 0 atom stereocenters. The maximum Gasteiger partial charge on any atom is 0.270 e. The van der Waals surface area contributed by atoms with Crippen molar-refractivity contribution in [3.8, 4) is 11.5 Å². The molecule has 1 aliphatic heterocycles. The molecule has 0 saturated carbocycles. The molecule has 0 unspecified atom stereocenters. The van der Waals surface area contributed by atoms with Crippen molar-refractivity contribution in [3.05, 3.63) is 59.8 Å². The van der Waals surface area contributed by atoms with Crippen molar-refractivity contribution in [3.63, 3.8) is 0 Å². The number of carbonyl (C=O) groups excluding carboxylic acids is 2. The third-order valence-electron chi connectivity index (χ3n) is 5.48. The highest BCUT2D eigenvalue weighted by molar-refractivity contribution is 5.98. The fraction of sp³-hybridized carbons (Fsp3) is 0.304. The summed E-state index contributed by atoms with van der Waals surface area (Å²) in [7, 11) is 3.16. The van der Waals surface area contributed by atoms with Crippen LogP contribution in [0.1, 0.15) is 16.1 Å². The van der Waals surface area contributed by atoms with E-state index in [2.05, 4.69) is 4.98 Å². The molecular formula is C23H25N3O4. The summed E-state index contributed by atoms with van der Waals surface area (Å²) in [6.07, 6.45) is 0.288. The number of amides is 2. The monoisotopic (exact) mass is 407 g/mol. The zero-order valence-electron chi connectivity index (χ0n) is 17.2. The summed E-state index contributed by atoms with van der Waals surface area (Å²) < 4.78 is 10.6. The molecule has 2 aromatic carbocycles. The van der Waals surface area contributed by atoms with Gasteiger partial charge < -0.3 is 24.3 Å². The lowest BCUT2D eigenvalue weighted by atomic mass is 10.1. The maximum absolute atomic E-state index is 12.8. The van der Waals surface area contributed by atoms with Crippen molar-refractivity contribution < 1.29 is 19.1 Å². The van der Waals surface area contributed by atoms with Gasteiger partial charge in [-0.1, -0.05) is 24.3 Å². The van der Waals surface area contributed by atoms with E-state index in [0.717, 1.165) is 16.5 Å². The van der Waals surface area contributed by atoms with Gasteiger partial charge in [0.1, 0.15) is 5.69 Å². The number of carbonyl (C=O) groups is 2. The number of H-pyrrole nitrogens is 1. The Morgan fingerprint density at radius 1 is 0.900 bits per heavy atom. The van der Waals surface area contributed by atoms with Gasteiger partial charge in [0.25, 0.3) is 5.91 Å². The van der Waals surface area contributed by atoms with Gasteiger partial charge in [0, 0.05) is 37.1 Å². The topological polar surface area (TPSA) is 74.9 Å². The smallest absolute Gasteiger partial charge is 0.270 e. The van der Waals surface area contributed by atoms with Crippen LogP contribution < -0.4 is 9.47 Å². The summed E-state index contributed by atoms with van der Waals surface area (Å²) in [4.78, 5) is 32.4. The van der Waals surface area contributed by atoms with Crippen LogP contribution in [0.2, 0.25) is 0 Å². The standard InChI is InChI=1S/C23H25N3O4/c1-29-20-8-7-16(13-21(20)30-2)14-22(27)25-9-11-26(12-10-25)23(28)19-15-17-5-3-4-6-18(17)24-19/h3-8,13,15,24H,9-12,14H2,1-2H3. The number of ether oxygens (including phenoxy) is 2. The molecule has 7 nitrogen and oxygen atoms in total. The Kier molecular flexibility index (Phi) is 5.61. The van der Waals surface area contributed by atoms with Gasteiger partial charge in [0.05, 0.1) is 20.6 Å². The van der Waals surface area contributed by atoms with E-state index in [4.69, 9.17) is 9.47 Å². The van der Waals surface area contributed by atoms with E-state index in [0.29, 0.717) is 43.4 Å². The third-order valence-corrected chi connectivity index (χ3v) is 5.48. The Morgan fingerprint density at radius 2 is 1.60 bits per heavy atom. The van der Waals surface area contributed by atoms with Crippen LogP contribution in [-0.4, -0.2) is 67.0 Å². The molecule has 1 N–H and O–H groups in total. The second-order valence-corrected chi connectivity index (χ2v) is 7.31. The maximum atomic E-state index is 12.8. The van der Waals surface area contributed by atoms with Gasteiger partial charge in [-0.05, 0) is 29.8 Å². The van der Waals surface area contributed by atoms with Crippen molar-refractivity contribution in [2.75, 3.05) is 40.4 Å². The van der Waals surface area contributed by atoms with Crippen molar-refractivity contribution in [1.29, 1.82) is 0 Å². The molecule has 3 aromatic rings. The first kappa shape index (κ1) is 19.8. The second-order valence-electron chi connectivity index (χ2n) is 7.31. The zero-order chi connectivity index (χ0) is 21.1. The van der Waals surface area contributed by atoms with Crippen LogP contribution in [0, 0.1) is 0 Å². The number of nitrogens with one attached hydrogen (secondary N) is 1. The van der Waals surface area contributed by atoms with E-state index in [1.165, 1.54) is 0 Å². The van der Waals surface area contributed by atoms with E-state index in [-0.39, 0.29) is 18.2 Å². The molecule has 2 heterocycles. The van der Waals surface area contributed by atoms with Crippen LogP contribution in [-0.2, 0) is 11.2 Å². The highest BCUT2D eigenvalue weighted by Gasteiger charge is 2.26. The highest BCUT2D eigenvalue weighted by Crippen LogP contribution is 2.28. The summed E-state index contributed by atoms with van der Waals surface area (Å²) in [5.41, 5.74) is 2.40. The second kappa shape index (κ2) is 8.49. The van der Waals surface area contributed by atoms with Gasteiger partial charge in [0.2, 0.25) is 5.91 Å². The minimum Gasteiger partial charge on any atom is -0.493 e.